The topological polar surface area (TPSA) is 63.4 Å². The van der Waals surface area contributed by atoms with Crippen LogP contribution in [0.25, 0.3) is 10.9 Å². The number of nitrogens with zero attached hydrogens (tertiary/aromatic N) is 2. The minimum Gasteiger partial charge on any atom is -0.397 e. The molecule has 1 saturated heterocycles. The molecule has 2 heterocycles. The molecular weight excluding hydrogens is 264 g/mol. The van der Waals surface area contributed by atoms with E-state index < -0.39 is 0 Å². The molecule has 0 spiro atoms. The van der Waals surface area contributed by atoms with E-state index in [9.17, 15) is 0 Å². The normalized spacial score (nSPS) is 16.2. The van der Waals surface area contributed by atoms with E-state index in [2.05, 4.69) is 21.3 Å². The quantitative estimate of drug-likeness (QED) is 0.650. The predicted octanol–water partition coefficient (Wildman–Crippen LogP) is 1.95. The second-order valence-corrected chi connectivity index (χ2v) is 5.34. The lowest BCUT2D eigenvalue weighted by Gasteiger charge is -2.26. The van der Waals surface area contributed by atoms with Crippen LogP contribution in [0.3, 0.4) is 0 Å². The van der Waals surface area contributed by atoms with E-state index >= 15 is 0 Å². The number of fused-ring (bicyclic) bond motifs is 1. The van der Waals surface area contributed by atoms with Gasteiger partial charge in [-0.05, 0) is 37.2 Å². The number of pyridine rings is 1. The third-order valence-electron chi connectivity index (χ3n) is 3.87. The first-order chi connectivity index (χ1) is 10.3. The standard InChI is InChI=1S/C16H22N4O/c17-14-4-5-15(13-3-1-6-19-16(13)14)18-7-2-8-20-9-11-21-12-10-20/h1,3-6,18H,2,7-12,17H2. The van der Waals surface area contributed by atoms with Crippen LogP contribution in [0.1, 0.15) is 6.42 Å². The van der Waals surface area contributed by atoms with E-state index in [1.54, 1.807) is 6.20 Å². The van der Waals surface area contributed by atoms with Gasteiger partial charge < -0.3 is 15.8 Å². The number of ether oxygens (including phenoxy) is 1. The molecule has 3 N–H and O–H groups in total. The SMILES string of the molecule is Nc1ccc(NCCCN2CCOCC2)c2cccnc12. The Morgan fingerprint density at radius 1 is 1.24 bits per heavy atom. The molecule has 1 aromatic carbocycles. The lowest BCUT2D eigenvalue weighted by molar-refractivity contribution is 0.0378. The summed E-state index contributed by atoms with van der Waals surface area (Å²) in [7, 11) is 0. The number of rotatable bonds is 5. The summed E-state index contributed by atoms with van der Waals surface area (Å²) in [4.78, 5) is 6.81. The zero-order chi connectivity index (χ0) is 14.5. The molecule has 2 aromatic rings. The molecule has 5 heteroatoms. The molecule has 21 heavy (non-hydrogen) atoms. The van der Waals surface area contributed by atoms with Crippen molar-refractivity contribution in [2.45, 2.75) is 6.42 Å². The fourth-order valence-electron chi connectivity index (χ4n) is 2.70. The molecule has 0 unspecified atom stereocenters. The van der Waals surface area contributed by atoms with Crippen molar-refractivity contribution in [1.29, 1.82) is 0 Å². The molecule has 0 aliphatic carbocycles. The molecule has 1 aliphatic heterocycles. The molecule has 0 amide bonds. The Morgan fingerprint density at radius 3 is 2.95 bits per heavy atom. The van der Waals surface area contributed by atoms with Gasteiger partial charge in [0.05, 0.1) is 24.4 Å². The number of benzene rings is 1. The molecule has 5 nitrogen and oxygen atoms in total. The minimum absolute atomic E-state index is 0.726. The molecule has 0 saturated carbocycles. The largest absolute Gasteiger partial charge is 0.397 e. The third kappa shape index (κ3) is 3.43. The number of hydrogen-bond acceptors (Lipinski definition) is 5. The number of aromatic nitrogens is 1. The number of hydrogen-bond donors (Lipinski definition) is 2. The van der Waals surface area contributed by atoms with E-state index in [1.807, 2.05) is 18.2 Å². The van der Waals surface area contributed by atoms with Gasteiger partial charge in [-0.15, -0.1) is 0 Å². The van der Waals surface area contributed by atoms with Crippen molar-refractivity contribution in [3.63, 3.8) is 0 Å². The van der Waals surface area contributed by atoms with Crippen LogP contribution in [0.5, 0.6) is 0 Å². The first kappa shape index (κ1) is 14.1. The van der Waals surface area contributed by atoms with Crippen molar-refractivity contribution in [3.8, 4) is 0 Å². The van der Waals surface area contributed by atoms with Gasteiger partial charge in [0, 0.05) is 36.9 Å². The molecule has 1 aliphatic rings. The maximum atomic E-state index is 5.97. The van der Waals surface area contributed by atoms with Gasteiger partial charge in [0.2, 0.25) is 0 Å². The highest BCUT2D eigenvalue weighted by Crippen LogP contribution is 2.26. The van der Waals surface area contributed by atoms with Gasteiger partial charge in [0.15, 0.2) is 0 Å². The smallest absolute Gasteiger partial charge is 0.0951 e. The number of nitrogens with two attached hydrogens (primary N) is 1. The van der Waals surface area contributed by atoms with Crippen LogP contribution in [-0.2, 0) is 4.74 Å². The Kier molecular flexibility index (Phi) is 4.52. The third-order valence-corrected chi connectivity index (χ3v) is 3.87. The zero-order valence-corrected chi connectivity index (χ0v) is 12.2. The first-order valence-corrected chi connectivity index (χ1v) is 7.52. The summed E-state index contributed by atoms with van der Waals surface area (Å²) in [6.45, 7) is 5.89. The second-order valence-electron chi connectivity index (χ2n) is 5.34. The lowest BCUT2D eigenvalue weighted by atomic mass is 10.1. The molecule has 112 valence electrons. The van der Waals surface area contributed by atoms with Crippen LogP contribution in [0, 0.1) is 0 Å². The van der Waals surface area contributed by atoms with Crippen molar-refractivity contribution in [2.24, 2.45) is 0 Å². The van der Waals surface area contributed by atoms with Crippen LogP contribution in [0.15, 0.2) is 30.5 Å². The summed E-state index contributed by atoms with van der Waals surface area (Å²) in [5, 5.41) is 4.59. The van der Waals surface area contributed by atoms with Crippen molar-refractivity contribution >= 4 is 22.3 Å². The Labute approximate surface area is 125 Å². The monoisotopic (exact) mass is 286 g/mol. The van der Waals surface area contributed by atoms with Crippen LogP contribution in [-0.4, -0.2) is 49.3 Å². The fourth-order valence-corrected chi connectivity index (χ4v) is 2.70. The maximum absolute atomic E-state index is 5.97. The van der Waals surface area contributed by atoms with Gasteiger partial charge in [-0.25, -0.2) is 0 Å². The Bertz CT molecular complexity index is 596. The molecule has 0 atom stereocenters. The maximum Gasteiger partial charge on any atom is 0.0951 e. The highest BCUT2D eigenvalue weighted by molar-refractivity contribution is 5.98. The van der Waals surface area contributed by atoms with Crippen LogP contribution in [0.2, 0.25) is 0 Å². The van der Waals surface area contributed by atoms with Crippen molar-refractivity contribution in [3.05, 3.63) is 30.5 Å². The van der Waals surface area contributed by atoms with Crippen molar-refractivity contribution < 1.29 is 4.74 Å². The number of anilines is 2. The predicted molar refractivity (Wildman–Crippen MR) is 86.5 cm³/mol. The Balaban J connectivity index is 1.57. The summed E-state index contributed by atoms with van der Waals surface area (Å²) in [6, 6.07) is 7.96. The number of nitrogens with one attached hydrogen (secondary N) is 1. The van der Waals surface area contributed by atoms with Gasteiger partial charge in [0.1, 0.15) is 0 Å². The molecule has 3 rings (SSSR count). The highest BCUT2D eigenvalue weighted by Gasteiger charge is 2.09. The zero-order valence-electron chi connectivity index (χ0n) is 12.2. The average Bonchev–Trinajstić information content (AvgIpc) is 2.55. The van der Waals surface area contributed by atoms with Crippen LogP contribution < -0.4 is 11.1 Å². The van der Waals surface area contributed by atoms with E-state index in [-0.39, 0.29) is 0 Å². The van der Waals surface area contributed by atoms with E-state index in [0.717, 1.165) is 68.1 Å². The molecular formula is C16H22N4O. The van der Waals surface area contributed by atoms with Crippen molar-refractivity contribution in [1.82, 2.24) is 9.88 Å². The number of nitrogen functional groups attached to an aromatic ring is 1. The van der Waals surface area contributed by atoms with Crippen molar-refractivity contribution in [2.75, 3.05) is 50.4 Å². The summed E-state index contributed by atoms with van der Waals surface area (Å²) >= 11 is 0. The highest BCUT2D eigenvalue weighted by atomic mass is 16.5. The van der Waals surface area contributed by atoms with Gasteiger partial charge in [-0.3, -0.25) is 9.88 Å². The summed E-state index contributed by atoms with van der Waals surface area (Å²) in [6.07, 6.45) is 2.90. The van der Waals surface area contributed by atoms with Gasteiger partial charge in [-0.1, -0.05) is 0 Å². The minimum atomic E-state index is 0.726. The second kappa shape index (κ2) is 6.74. The summed E-state index contributed by atoms with van der Waals surface area (Å²) in [5.41, 5.74) is 8.67. The number of morpholine rings is 1. The van der Waals surface area contributed by atoms with E-state index in [0.29, 0.717) is 0 Å². The Hall–Kier alpha value is -1.85. The lowest BCUT2D eigenvalue weighted by Crippen LogP contribution is -2.37. The molecule has 0 radical (unpaired) electrons. The van der Waals surface area contributed by atoms with Crippen LogP contribution in [0.4, 0.5) is 11.4 Å². The summed E-state index contributed by atoms with van der Waals surface area (Å²) in [5.74, 6) is 0. The summed E-state index contributed by atoms with van der Waals surface area (Å²) < 4.78 is 5.36. The Morgan fingerprint density at radius 2 is 2.10 bits per heavy atom. The molecule has 1 aromatic heterocycles. The van der Waals surface area contributed by atoms with Gasteiger partial charge >= 0.3 is 0 Å². The molecule has 0 bridgehead atoms. The average molecular weight is 286 g/mol. The van der Waals surface area contributed by atoms with Gasteiger partial charge in [-0.2, -0.15) is 0 Å². The van der Waals surface area contributed by atoms with Crippen LogP contribution >= 0.6 is 0 Å². The van der Waals surface area contributed by atoms with E-state index in [4.69, 9.17) is 10.5 Å². The first-order valence-electron chi connectivity index (χ1n) is 7.52. The fraction of sp³-hybridized carbons (Fsp3) is 0.438. The van der Waals surface area contributed by atoms with E-state index in [1.165, 1.54) is 0 Å². The molecule has 1 fully saturated rings. The van der Waals surface area contributed by atoms with Gasteiger partial charge in [0.25, 0.3) is 0 Å².